The molecular formula is C3H4BrF2O. The van der Waals surface area contributed by atoms with Gasteiger partial charge in [-0.15, -0.1) is 0 Å². The molecule has 1 radical (unpaired) electrons. The Bertz CT molecular complexity index is 51.4. The lowest BCUT2D eigenvalue weighted by molar-refractivity contribution is -0.147. The van der Waals surface area contributed by atoms with Crippen molar-refractivity contribution in [3.05, 3.63) is 6.92 Å². The van der Waals surface area contributed by atoms with Gasteiger partial charge in [-0.2, -0.15) is 8.78 Å². The van der Waals surface area contributed by atoms with E-state index in [0.717, 1.165) is 0 Å². The maximum Gasteiger partial charge on any atom is 0.414 e. The molecule has 0 aromatic rings. The molecule has 0 rings (SSSR count). The fraction of sp³-hybridized carbons (Fsp3) is 0.667. The average Bonchev–Trinajstić information content (AvgIpc) is 1.30. The van der Waals surface area contributed by atoms with Crippen LogP contribution in [0.3, 0.4) is 0 Å². The van der Waals surface area contributed by atoms with E-state index < -0.39 is 5.02 Å². The summed E-state index contributed by atoms with van der Waals surface area (Å²) in [5.41, 5.74) is 0. The van der Waals surface area contributed by atoms with Gasteiger partial charge < -0.3 is 4.74 Å². The number of hydrogen-bond donors (Lipinski definition) is 0. The topological polar surface area (TPSA) is 9.23 Å². The van der Waals surface area contributed by atoms with Crippen molar-refractivity contribution in [1.29, 1.82) is 0 Å². The Morgan fingerprint density at radius 3 is 2.14 bits per heavy atom. The SMILES string of the molecule is [CH2]COC(F)(F)Br. The lowest BCUT2D eigenvalue weighted by Gasteiger charge is -2.04. The van der Waals surface area contributed by atoms with E-state index in [4.69, 9.17) is 0 Å². The third kappa shape index (κ3) is 6.30. The third-order valence-electron chi connectivity index (χ3n) is 0.266. The molecule has 0 saturated carbocycles. The molecule has 0 aliphatic rings. The van der Waals surface area contributed by atoms with E-state index in [-0.39, 0.29) is 6.61 Å². The second-order valence-corrected chi connectivity index (χ2v) is 1.72. The van der Waals surface area contributed by atoms with Gasteiger partial charge in [0, 0.05) is 15.9 Å². The molecule has 0 spiro atoms. The summed E-state index contributed by atoms with van der Waals surface area (Å²) in [6.45, 7) is 2.80. The summed E-state index contributed by atoms with van der Waals surface area (Å²) in [5, 5.41) is -3.20. The van der Waals surface area contributed by atoms with E-state index in [9.17, 15) is 8.78 Å². The summed E-state index contributed by atoms with van der Waals surface area (Å²) in [5.74, 6) is 0. The molecule has 0 saturated heterocycles. The highest BCUT2D eigenvalue weighted by atomic mass is 79.9. The van der Waals surface area contributed by atoms with E-state index >= 15 is 0 Å². The summed E-state index contributed by atoms with van der Waals surface area (Å²) in [6, 6.07) is 0. The summed E-state index contributed by atoms with van der Waals surface area (Å²) in [4.78, 5) is 0. The highest BCUT2D eigenvalue weighted by Crippen LogP contribution is 2.21. The normalized spacial score (nSPS) is 12.0. The lowest BCUT2D eigenvalue weighted by atomic mass is 10.9. The Kier molecular flexibility index (Phi) is 2.68. The van der Waals surface area contributed by atoms with Gasteiger partial charge in [0.2, 0.25) is 0 Å². The van der Waals surface area contributed by atoms with Gasteiger partial charge in [0.05, 0.1) is 6.61 Å². The lowest BCUT2D eigenvalue weighted by Crippen LogP contribution is -2.09. The zero-order chi connectivity index (χ0) is 5.91. The predicted octanol–water partition coefficient (Wildman–Crippen LogP) is 1.78. The first-order chi connectivity index (χ1) is 3.06. The number of ether oxygens (including phenoxy) is 1. The highest BCUT2D eigenvalue weighted by Gasteiger charge is 2.22. The molecule has 0 heterocycles. The van der Waals surface area contributed by atoms with Crippen LogP contribution in [0.25, 0.3) is 0 Å². The third-order valence-corrected chi connectivity index (χ3v) is 0.495. The minimum atomic E-state index is -3.20. The van der Waals surface area contributed by atoms with Crippen LogP contribution < -0.4 is 0 Å². The summed E-state index contributed by atoms with van der Waals surface area (Å²) < 4.78 is 26.5. The quantitative estimate of drug-likeness (QED) is 0.579. The number of alkyl halides is 3. The van der Waals surface area contributed by atoms with Crippen molar-refractivity contribution < 1.29 is 13.5 Å². The van der Waals surface area contributed by atoms with Crippen LogP contribution in [0.15, 0.2) is 0 Å². The van der Waals surface area contributed by atoms with Crippen LogP contribution in [0.1, 0.15) is 0 Å². The van der Waals surface area contributed by atoms with E-state index in [1.807, 2.05) is 15.9 Å². The minimum Gasteiger partial charge on any atom is -0.311 e. The van der Waals surface area contributed by atoms with Gasteiger partial charge in [-0.1, -0.05) is 0 Å². The van der Waals surface area contributed by atoms with Crippen molar-refractivity contribution in [3.63, 3.8) is 0 Å². The fourth-order valence-corrected chi connectivity index (χ4v) is 0.278. The number of rotatable bonds is 2. The van der Waals surface area contributed by atoms with Gasteiger partial charge in [0.1, 0.15) is 0 Å². The Morgan fingerprint density at radius 2 is 2.14 bits per heavy atom. The van der Waals surface area contributed by atoms with Crippen LogP contribution in [0.2, 0.25) is 0 Å². The molecule has 0 atom stereocenters. The molecule has 4 heteroatoms. The van der Waals surface area contributed by atoms with Crippen LogP contribution >= 0.6 is 15.9 Å². The standard InChI is InChI=1S/C3H4BrF2O/c1-2-7-3(4,5)6/h1-2H2. The summed E-state index contributed by atoms with van der Waals surface area (Å²) in [6.07, 6.45) is 0. The van der Waals surface area contributed by atoms with Gasteiger partial charge in [-0.25, -0.2) is 0 Å². The average molecular weight is 174 g/mol. The molecule has 0 unspecified atom stereocenters. The van der Waals surface area contributed by atoms with Crippen LogP contribution in [0, 0.1) is 6.92 Å². The Hall–Kier alpha value is 0.300. The first-order valence-corrected chi connectivity index (χ1v) is 2.35. The molecule has 0 aliphatic carbocycles. The Balaban J connectivity index is 3.15. The molecule has 0 aliphatic heterocycles. The van der Waals surface area contributed by atoms with Crippen molar-refractivity contribution >= 4 is 15.9 Å². The smallest absolute Gasteiger partial charge is 0.311 e. The van der Waals surface area contributed by atoms with Gasteiger partial charge >= 0.3 is 5.02 Å². The molecule has 0 aromatic heterocycles. The molecule has 0 N–H and O–H groups in total. The Morgan fingerprint density at radius 1 is 1.71 bits per heavy atom. The zero-order valence-electron chi connectivity index (χ0n) is 3.46. The molecule has 0 bridgehead atoms. The fourth-order valence-electron chi connectivity index (χ4n) is 0.116. The highest BCUT2D eigenvalue weighted by molar-refractivity contribution is 9.09. The largest absolute Gasteiger partial charge is 0.414 e. The number of hydrogen-bond acceptors (Lipinski definition) is 1. The molecular weight excluding hydrogens is 170 g/mol. The predicted molar refractivity (Wildman–Crippen MR) is 25.2 cm³/mol. The zero-order valence-corrected chi connectivity index (χ0v) is 5.04. The van der Waals surface area contributed by atoms with E-state index in [2.05, 4.69) is 11.7 Å². The van der Waals surface area contributed by atoms with Crippen molar-refractivity contribution in [2.45, 2.75) is 5.02 Å². The minimum absolute atomic E-state index is 0.238. The van der Waals surface area contributed by atoms with Gasteiger partial charge in [0.15, 0.2) is 0 Å². The van der Waals surface area contributed by atoms with Crippen molar-refractivity contribution in [1.82, 2.24) is 0 Å². The van der Waals surface area contributed by atoms with Gasteiger partial charge in [-0.3, -0.25) is 0 Å². The first kappa shape index (κ1) is 7.30. The molecule has 7 heavy (non-hydrogen) atoms. The monoisotopic (exact) mass is 173 g/mol. The second-order valence-electron chi connectivity index (χ2n) is 0.794. The summed E-state index contributed by atoms with van der Waals surface area (Å²) in [7, 11) is 0. The van der Waals surface area contributed by atoms with E-state index in [1.54, 1.807) is 0 Å². The van der Waals surface area contributed by atoms with Crippen LogP contribution in [-0.4, -0.2) is 11.6 Å². The van der Waals surface area contributed by atoms with Gasteiger partial charge in [-0.05, 0) is 6.92 Å². The van der Waals surface area contributed by atoms with E-state index in [0.29, 0.717) is 0 Å². The van der Waals surface area contributed by atoms with Crippen LogP contribution in [-0.2, 0) is 4.74 Å². The molecule has 0 aromatic carbocycles. The molecule has 1 nitrogen and oxygen atoms in total. The Labute approximate surface area is 48.8 Å². The summed E-state index contributed by atoms with van der Waals surface area (Å²) >= 11 is 1.94. The van der Waals surface area contributed by atoms with Crippen LogP contribution in [0.5, 0.6) is 0 Å². The van der Waals surface area contributed by atoms with Gasteiger partial charge in [0.25, 0.3) is 0 Å². The molecule has 0 fully saturated rings. The second kappa shape index (κ2) is 2.57. The van der Waals surface area contributed by atoms with Crippen molar-refractivity contribution in [2.24, 2.45) is 0 Å². The maximum atomic E-state index is 11.4. The number of halogens is 3. The first-order valence-electron chi connectivity index (χ1n) is 1.56. The van der Waals surface area contributed by atoms with Crippen molar-refractivity contribution in [2.75, 3.05) is 6.61 Å². The van der Waals surface area contributed by atoms with Crippen molar-refractivity contribution in [3.8, 4) is 0 Å². The van der Waals surface area contributed by atoms with E-state index in [1.165, 1.54) is 0 Å². The van der Waals surface area contributed by atoms with Crippen LogP contribution in [0.4, 0.5) is 8.78 Å². The molecule has 0 amide bonds. The molecule has 43 valence electrons. The maximum absolute atomic E-state index is 11.4.